The van der Waals surface area contributed by atoms with Crippen LogP contribution in [0, 0.1) is 6.92 Å². The van der Waals surface area contributed by atoms with Crippen molar-refractivity contribution in [1.82, 2.24) is 19.7 Å². The van der Waals surface area contributed by atoms with Gasteiger partial charge in [0, 0.05) is 30.4 Å². The number of imidazole rings is 1. The maximum atomic E-state index is 12.5. The highest BCUT2D eigenvalue weighted by Gasteiger charge is 2.15. The third-order valence-electron chi connectivity index (χ3n) is 4.27. The Morgan fingerprint density at radius 2 is 2.04 bits per heavy atom. The van der Waals surface area contributed by atoms with Crippen molar-refractivity contribution in [3.05, 3.63) is 59.1 Å². The van der Waals surface area contributed by atoms with Crippen LogP contribution < -0.4 is 10.6 Å². The molecular formula is C20H22ClN5O2. The summed E-state index contributed by atoms with van der Waals surface area (Å²) in [7, 11) is 0. The minimum Gasteiger partial charge on any atom is -0.351 e. The highest BCUT2D eigenvalue weighted by Crippen LogP contribution is 2.13. The van der Waals surface area contributed by atoms with Crippen LogP contribution in [0.25, 0.3) is 5.65 Å². The maximum Gasteiger partial charge on any atom is 0.270 e. The van der Waals surface area contributed by atoms with Gasteiger partial charge in [0.2, 0.25) is 5.91 Å². The molecule has 0 aliphatic rings. The van der Waals surface area contributed by atoms with Gasteiger partial charge in [0.05, 0.1) is 5.69 Å². The number of aryl methyl sites for hydroxylation is 1. The standard InChI is InChI=1S/C20H22ClN5O2/c1-14-19(26-12-6-4-7-17(26)24-14)20(28)23-10-5-2-3-8-18(27)25-16-13-15(21)9-11-22-16/h4,6-7,9,11-13H,2-3,5,8,10H2,1H3,(H,23,28)(H,22,25,27). The summed E-state index contributed by atoms with van der Waals surface area (Å²) in [6.45, 7) is 2.38. The number of unbranched alkanes of at least 4 members (excludes halogenated alkanes) is 2. The van der Waals surface area contributed by atoms with Gasteiger partial charge < -0.3 is 10.6 Å². The second-order valence-corrected chi connectivity index (χ2v) is 6.89. The first-order chi connectivity index (χ1) is 13.5. The van der Waals surface area contributed by atoms with E-state index in [1.165, 1.54) is 0 Å². The fourth-order valence-electron chi connectivity index (χ4n) is 2.94. The number of carbonyl (C=O) groups is 2. The van der Waals surface area contributed by atoms with E-state index in [0.29, 0.717) is 35.2 Å². The quantitative estimate of drug-likeness (QED) is 0.566. The van der Waals surface area contributed by atoms with E-state index >= 15 is 0 Å². The molecule has 3 aromatic rings. The van der Waals surface area contributed by atoms with Crippen LogP contribution in [-0.4, -0.2) is 32.7 Å². The molecule has 0 spiro atoms. The molecule has 7 nitrogen and oxygen atoms in total. The largest absolute Gasteiger partial charge is 0.351 e. The minimum absolute atomic E-state index is 0.0971. The molecule has 2 amide bonds. The number of hydrogen-bond acceptors (Lipinski definition) is 4. The first kappa shape index (κ1) is 19.8. The lowest BCUT2D eigenvalue weighted by atomic mass is 10.2. The van der Waals surface area contributed by atoms with E-state index in [2.05, 4.69) is 20.6 Å². The Labute approximate surface area is 168 Å². The number of amides is 2. The minimum atomic E-state index is -0.138. The number of hydrogen-bond donors (Lipinski definition) is 2. The number of anilines is 1. The van der Waals surface area contributed by atoms with Gasteiger partial charge in [0.1, 0.15) is 17.2 Å². The summed E-state index contributed by atoms with van der Waals surface area (Å²) >= 11 is 5.86. The number of nitrogens with one attached hydrogen (secondary N) is 2. The predicted molar refractivity (Wildman–Crippen MR) is 109 cm³/mol. The molecule has 28 heavy (non-hydrogen) atoms. The SMILES string of the molecule is Cc1nc2ccccn2c1C(=O)NCCCCCC(=O)Nc1cc(Cl)ccn1. The summed E-state index contributed by atoms with van der Waals surface area (Å²) < 4.78 is 1.79. The molecule has 0 saturated heterocycles. The summed E-state index contributed by atoms with van der Waals surface area (Å²) in [6, 6.07) is 8.89. The lowest BCUT2D eigenvalue weighted by molar-refractivity contribution is -0.116. The zero-order valence-corrected chi connectivity index (χ0v) is 16.4. The van der Waals surface area contributed by atoms with Crippen LogP contribution in [0.5, 0.6) is 0 Å². The molecule has 0 aliphatic heterocycles. The van der Waals surface area contributed by atoms with E-state index in [0.717, 1.165) is 24.9 Å². The Balaban J connectivity index is 1.37. The van der Waals surface area contributed by atoms with Gasteiger partial charge in [-0.3, -0.25) is 14.0 Å². The molecule has 0 aromatic carbocycles. The molecule has 146 valence electrons. The van der Waals surface area contributed by atoms with Crippen molar-refractivity contribution in [2.24, 2.45) is 0 Å². The Kier molecular flexibility index (Phi) is 6.60. The number of fused-ring (bicyclic) bond motifs is 1. The number of pyridine rings is 2. The van der Waals surface area contributed by atoms with Crippen LogP contribution in [0.3, 0.4) is 0 Å². The molecule has 0 unspecified atom stereocenters. The molecule has 0 saturated carbocycles. The van der Waals surface area contributed by atoms with E-state index in [9.17, 15) is 9.59 Å². The van der Waals surface area contributed by atoms with E-state index in [4.69, 9.17) is 11.6 Å². The molecule has 3 heterocycles. The fourth-order valence-corrected chi connectivity index (χ4v) is 3.10. The van der Waals surface area contributed by atoms with Crippen LogP contribution in [0.15, 0.2) is 42.7 Å². The average molecular weight is 400 g/mol. The number of aromatic nitrogens is 3. The highest BCUT2D eigenvalue weighted by atomic mass is 35.5. The second-order valence-electron chi connectivity index (χ2n) is 6.45. The molecular weight excluding hydrogens is 378 g/mol. The third-order valence-corrected chi connectivity index (χ3v) is 4.51. The van der Waals surface area contributed by atoms with Crippen LogP contribution in [0.1, 0.15) is 41.9 Å². The van der Waals surface area contributed by atoms with Gasteiger partial charge in [0.15, 0.2) is 0 Å². The Morgan fingerprint density at radius 1 is 1.18 bits per heavy atom. The maximum absolute atomic E-state index is 12.5. The van der Waals surface area contributed by atoms with Crippen molar-refractivity contribution in [3.8, 4) is 0 Å². The molecule has 2 N–H and O–H groups in total. The normalized spacial score (nSPS) is 10.8. The molecule has 8 heteroatoms. The lowest BCUT2D eigenvalue weighted by Gasteiger charge is -2.07. The van der Waals surface area contributed by atoms with Gasteiger partial charge >= 0.3 is 0 Å². The summed E-state index contributed by atoms with van der Waals surface area (Å²) in [4.78, 5) is 32.8. The summed E-state index contributed by atoms with van der Waals surface area (Å²) in [5.74, 6) is 0.217. The fraction of sp³-hybridized carbons (Fsp3) is 0.300. The molecule has 3 aromatic heterocycles. The van der Waals surface area contributed by atoms with Gasteiger partial charge in [-0.25, -0.2) is 9.97 Å². The molecule has 3 rings (SSSR count). The van der Waals surface area contributed by atoms with Crippen molar-refractivity contribution in [2.75, 3.05) is 11.9 Å². The van der Waals surface area contributed by atoms with E-state index in [1.54, 1.807) is 22.7 Å². The third kappa shape index (κ3) is 5.07. The summed E-state index contributed by atoms with van der Waals surface area (Å²) in [6.07, 6.45) is 6.14. The number of nitrogens with zero attached hydrogens (tertiary/aromatic N) is 3. The molecule has 0 atom stereocenters. The topological polar surface area (TPSA) is 88.4 Å². The van der Waals surface area contributed by atoms with E-state index in [-0.39, 0.29) is 11.8 Å². The van der Waals surface area contributed by atoms with Crippen LogP contribution in [-0.2, 0) is 4.79 Å². The summed E-state index contributed by atoms with van der Waals surface area (Å²) in [5.41, 5.74) is 2.02. The van der Waals surface area contributed by atoms with Gasteiger partial charge in [0.25, 0.3) is 5.91 Å². The van der Waals surface area contributed by atoms with Crippen LogP contribution in [0.2, 0.25) is 5.02 Å². The predicted octanol–water partition coefficient (Wildman–Crippen LogP) is 3.62. The number of carbonyl (C=O) groups excluding carboxylic acids is 2. The number of halogens is 1. The molecule has 0 aliphatic carbocycles. The van der Waals surface area contributed by atoms with Crippen molar-refractivity contribution in [3.63, 3.8) is 0 Å². The van der Waals surface area contributed by atoms with Crippen molar-refractivity contribution >= 4 is 34.9 Å². The van der Waals surface area contributed by atoms with Gasteiger partial charge in [-0.2, -0.15) is 0 Å². The van der Waals surface area contributed by atoms with Crippen molar-refractivity contribution < 1.29 is 9.59 Å². The van der Waals surface area contributed by atoms with Crippen molar-refractivity contribution in [2.45, 2.75) is 32.6 Å². The zero-order chi connectivity index (χ0) is 19.9. The molecule has 0 radical (unpaired) electrons. The Hall–Kier alpha value is -2.93. The monoisotopic (exact) mass is 399 g/mol. The first-order valence-corrected chi connectivity index (χ1v) is 9.55. The Bertz CT molecular complexity index is 986. The summed E-state index contributed by atoms with van der Waals surface area (Å²) in [5, 5.41) is 6.18. The zero-order valence-electron chi connectivity index (χ0n) is 15.6. The van der Waals surface area contributed by atoms with Crippen LogP contribution in [0.4, 0.5) is 5.82 Å². The average Bonchev–Trinajstić information content (AvgIpc) is 3.00. The second kappa shape index (κ2) is 9.32. The molecule has 0 fully saturated rings. The Morgan fingerprint density at radius 3 is 2.86 bits per heavy atom. The van der Waals surface area contributed by atoms with E-state index in [1.807, 2.05) is 31.3 Å². The van der Waals surface area contributed by atoms with E-state index < -0.39 is 0 Å². The lowest BCUT2D eigenvalue weighted by Crippen LogP contribution is -2.26. The van der Waals surface area contributed by atoms with Gasteiger partial charge in [-0.15, -0.1) is 0 Å². The van der Waals surface area contributed by atoms with Gasteiger partial charge in [-0.05, 0) is 44.0 Å². The molecule has 0 bridgehead atoms. The van der Waals surface area contributed by atoms with Crippen LogP contribution >= 0.6 is 11.6 Å². The van der Waals surface area contributed by atoms with Crippen molar-refractivity contribution in [1.29, 1.82) is 0 Å². The number of rotatable bonds is 8. The smallest absolute Gasteiger partial charge is 0.270 e. The van der Waals surface area contributed by atoms with Gasteiger partial charge in [-0.1, -0.05) is 24.1 Å². The highest BCUT2D eigenvalue weighted by molar-refractivity contribution is 6.30. The first-order valence-electron chi connectivity index (χ1n) is 9.18.